The van der Waals surface area contributed by atoms with Crippen molar-refractivity contribution < 1.29 is 0 Å². The number of benzene rings is 2. The van der Waals surface area contributed by atoms with E-state index in [0.717, 1.165) is 5.56 Å². The Bertz CT molecular complexity index is 491. The van der Waals surface area contributed by atoms with E-state index >= 15 is 0 Å². The van der Waals surface area contributed by atoms with Crippen molar-refractivity contribution in [3.05, 3.63) is 47.5 Å². The SMILES string of the molecule is Cc1ccc(N)c(N)c1C.Nc1cccc(N)c1. The molecule has 0 amide bonds. The summed E-state index contributed by atoms with van der Waals surface area (Å²) in [6, 6.07) is 11.0. The van der Waals surface area contributed by atoms with Crippen molar-refractivity contribution in [1.29, 1.82) is 0 Å². The normalized spacial score (nSPS) is 9.44. The second-order valence-electron chi connectivity index (χ2n) is 4.18. The Labute approximate surface area is 108 Å². The number of nitrogen functional groups attached to an aromatic ring is 4. The number of hydrogen-bond donors (Lipinski definition) is 4. The van der Waals surface area contributed by atoms with E-state index in [4.69, 9.17) is 22.9 Å². The van der Waals surface area contributed by atoms with Crippen LogP contribution in [0.1, 0.15) is 11.1 Å². The molecule has 18 heavy (non-hydrogen) atoms. The van der Waals surface area contributed by atoms with Crippen LogP contribution < -0.4 is 22.9 Å². The summed E-state index contributed by atoms with van der Waals surface area (Å²) >= 11 is 0. The molecule has 0 atom stereocenters. The van der Waals surface area contributed by atoms with Gasteiger partial charge in [-0.05, 0) is 49.2 Å². The van der Waals surface area contributed by atoms with Crippen molar-refractivity contribution in [3.63, 3.8) is 0 Å². The molecule has 0 bridgehead atoms. The molecule has 0 aromatic heterocycles. The number of hydrogen-bond acceptors (Lipinski definition) is 4. The van der Waals surface area contributed by atoms with Gasteiger partial charge in [-0.25, -0.2) is 0 Å². The fraction of sp³-hybridized carbons (Fsp3) is 0.143. The van der Waals surface area contributed by atoms with Crippen LogP contribution in [0, 0.1) is 13.8 Å². The summed E-state index contributed by atoms with van der Waals surface area (Å²) in [7, 11) is 0. The molecule has 4 nitrogen and oxygen atoms in total. The topological polar surface area (TPSA) is 104 Å². The van der Waals surface area contributed by atoms with E-state index in [0.29, 0.717) is 22.7 Å². The lowest BCUT2D eigenvalue weighted by Gasteiger charge is -2.05. The molecule has 0 fully saturated rings. The smallest absolute Gasteiger partial charge is 0.0580 e. The highest BCUT2D eigenvalue weighted by atomic mass is 14.7. The first-order valence-corrected chi connectivity index (χ1v) is 5.64. The molecule has 2 aromatic rings. The Hall–Kier alpha value is -2.36. The van der Waals surface area contributed by atoms with Crippen LogP contribution in [0.5, 0.6) is 0 Å². The third-order valence-electron chi connectivity index (χ3n) is 2.73. The highest BCUT2D eigenvalue weighted by Gasteiger charge is 1.99. The van der Waals surface area contributed by atoms with Gasteiger partial charge in [0.15, 0.2) is 0 Å². The van der Waals surface area contributed by atoms with Gasteiger partial charge in [0.25, 0.3) is 0 Å². The molecule has 0 unspecified atom stereocenters. The van der Waals surface area contributed by atoms with E-state index in [-0.39, 0.29) is 0 Å². The van der Waals surface area contributed by atoms with Crippen LogP contribution in [0.15, 0.2) is 36.4 Å². The van der Waals surface area contributed by atoms with Gasteiger partial charge in [0.2, 0.25) is 0 Å². The first-order valence-electron chi connectivity index (χ1n) is 5.64. The summed E-state index contributed by atoms with van der Waals surface area (Å²) in [4.78, 5) is 0. The van der Waals surface area contributed by atoms with Crippen LogP contribution in [0.4, 0.5) is 22.7 Å². The van der Waals surface area contributed by atoms with E-state index in [9.17, 15) is 0 Å². The summed E-state index contributed by atoms with van der Waals surface area (Å²) in [5.41, 5.74) is 27.1. The first-order chi connectivity index (χ1) is 8.41. The number of nitrogens with two attached hydrogens (primary N) is 4. The lowest BCUT2D eigenvalue weighted by molar-refractivity contribution is 1.35. The molecule has 2 aromatic carbocycles. The lowest BCUT2D eigenvalue weighted by atomic mass is 10.1. The van der Waals surface area contributed by atoms with Crippen LogP contribution >= 0.6 is 0 Å². The van der Waals surface area contributed by atoms with Crippen LogP contribution in [0.3, 0.4) is 0 Å². The Morgan fingerprint density at radius 3 is 1.72 bits per heavy atom. The molecule has 0 saturated carbocycles. The van der Waals surface area contributed by atoms with E-state index in [2.05, 4.69) is 0 Å². The van der Waals surface area contributed by atoms with Crippen LogP contribution in [-0.2, 0) is 0 Å². The van der Waals surface area contributed by atoms with Crippen LogP contribution in [0.25, 0.3) is 0 Å². The van der Waals surface area contributed by atoms with Gasteiger partial charge in [0.05, 0.1) is 11.4 Å². The largest absolute Gasteiger partial charge is 0.399 e. The van der Waals surface area contributed by atoms with Crippen LogP contribution in [-0.4, -0.2) is 0 Å². The van der Waals surface area contributed by atoms with Crippen LogP contribution in [0.2, 0.25) is 0 Å². The van der Waals surface area contributed by atoms with Crippen molar-refractivity contribution in [2.24, 2.45) is 0 Å². The monoisotopic (exact) mass is 244 g/mol. The quantitative estimate of drug-likeness (QED) is 0.534. The van der Waals surface area contributed by atoms with Gasteiger partial charge >= 0.3 is 0 Å². The van der Waals surface area contributed by atoms with E-state index in [1.807, 2.05) is 32.0 Å². The third kappa shape index (κ3) is 3.59. The fourth-order valence-corrected chi connectivity index (χ4v) is 1.42. The van der Waals surface area contributed by atoms with E-state index in [1.54, 1.807) is 18.2 Å². The number of rotatable bonds is 0. The standard InChI is InChI=1S/C8H12N2.C6H8N2/c1-5-3-4-7(9)8(10)6(5)2;7-5-2-1-3-6(8)4-5/h3-4H,9-10H2,1-2H3;1-4H,7-8H2. The van der Waals surface area contributed by atoms with Gasteiger partial charge in [-0.1, -0.05) is 12.1 Å². The van der Waals surface area contributed by atoms with Gasteiger partial charge < -0.3 is 22.9 Å². The van der Waals surface area contributed by atoms with Crippen molar-refractivity contribution in [3.8, 4) is 0 Å². The minimum atomic E-state index is 0.670. The molecule has 8 N–H and O–H groups in total. The molecule has 96 valence electrons. The minimum absolute atomic E-state index is 0.670. The molecule has 0 aliphatic carbocycles. The van der Waals surface area contributed by atoms with Crippen molar-refractivity contribution >= 4 is 22.7 Å². The maximum absolute atomic E-state index is 5.66. The Balaban J connectivity index is 0.000000184. The van der Waals surface area contributed by atoms with Crippen molar-refractivity contribution in [1.82, 2.24) is 0 Å². The molecule has 0 heterocycles. The Kier molecular flexibility index (Phi) is 4.43. The molecule has 4 heteroatoms. The third-order valence-corrected chi connectivity index (χ3v) is 2.73. The van der Waals surface area contributed by atoms with Crippen molar-refractivity contribution in [2.45, 2.75) is 13.8 Å². The number of anilines is 4. The Morgan fingerprint density at radius 2 is 1.33 bits per heavy atom. The summed E-state index contributed by atoms with van der Waals surface area (Å²) in [5, 5.41) is 0. The highest BCUT2D eigenvalue weighted by molar-refractivity contribution is 5.68. The second kappa shape index (κ2) is 5.82. The molecule has 0 aliphatic heterocycles. The second-order valence-corrected chi connectivity index (χ2v) is 4.18. The summed E-state index contributed by atoms with van der Waals surface area (Å²) < 4.78 is 0. The average molecular weight is 244 g/mol. The molecule has 0 aliphatic rings. The molecule has 2 rings (SSSR count). The zero-order valence-corrected chi connectivity index (χ0v) is 10.8. The van der Waals surface area contributed by atoms with Gasteiger partial charge in [0.1, 0.15) is 0 Å². The van der Waals surface area contributed by atoms with Gasteiger partial charge in [0, 0.05) is 11.4 Å². The highest BCUT2D eigenvalue weighted by Crippen LogP contribution is 2.21. The van der Waals surface area contributed by atoms with E-state index in [1.165, 1.54) is 5.56 Å². The average Bonchev–Trinajstić information content (AvgIpc) is 2.32. The maximum Gasteiger partial charge on any atom is 0.0580 e. The van der Waals surface area contributed by atoms with Gasteiger partial charge in [-0.3, -0.25) is 0 Å². The summed E-state index contributed by atoms with van der Waals surface area (Å²) in [6.07, 6.45) is 0. The Morgan fingerprint density at radius 1 is 0.778 bits per heavy atom. The first kappa shape index (κ1) is 13.7. The predicted molar refractivity (Wildman–Crippen MR) is 80.0 cm³/mol. The van der Waals surface area contributed by atoms with Gasteiger partial charge in [-0.2, -0.15) is 0 Å². The lowest BCUT2D eigenvalue weighted by Crippen LogP contribution is -1.98. The van der Waals surface area contributed by atoms with Gasteiger partial charge in [-0.15, -0.1) is 0 Å². The maximum atomic E-state index is 5.66. The fourth-order valence-electron chi connectivity index (χ4n) is 1.42. The molecule has 0 spiro atoms. The van der Waals surface area contributed by atoms with Crippen molar-refractivity contribution in [2.75, 3.05) is 22.9 Å². The summed E-state index contributed by atoms with van der Waals surface area (Å²) in [5.74, 6) is 0. The molecular formula is C14H20N4. The minimum Gasteiger partial charge on any atom is -0.399 e. The summed E-state index contributed by atoms with van der Waals surface area (Å²) in [6.45, 7) is 3.99. The zero-order chi connectivity index (χ0) is 13.7. The van der Waals surface area contributed by atoms with E-state index < -0.39 is 0 Å². The predicted octanol–water partition coefficient (Wildman–Crippen LogP) is 2.32. The molecular weight excluding hydrogens is 224 g/mol. The number of aryl methyl sites for hydroxylation is 1. The zero-order valence-electron chi connectivity index (χ0n) is 10.8. The molecule has 0 saturated heterocycles. The molecule has 0 radical (unpaired) electrons.